The SMILES string of the molecule is CCOC(=O)[SH]1C=CN=C1Nc1nnc(Nc2nc3ccccc3s2)c(C)c1CC. The molecule has 0 saturated heterocycles. The molecular weight excluding hydrogens is 420 g/mol. The Labute approximate surface area is 180 Å². The van der Waals surface area contributed by atoms with Crippen molar-refractivity contribution in [2.45, 2.75) is 27.2 Å². The molecule has 2 N–H and O–H groups in total. The van der Waals surface area contributed by atoms with E-state index in [4.69, 9.17) is 4.74 Å². The number of benzene rings is 1. The number of para-hydroxylation sites is 1. The number of nitrogens with one attached hydrogen (secondary N) is 2. The Bertz CT molecular complexity index is 1120. The second kappa shape index (κ2) is 8.80. The third-order valence-electron chi connectivity index (χ3n) is 4.55. The molecule has 10 heteroatoms. The van der Waals surface area contributed by atoms with Crippen LogP contribution < -0.4 is 10.6 Å². The van der Waals surface area contributed by atoms with E-state index in [9.17, 15) is 4.79 Å². The first-order valence-corrected chi connectivity index (χ1v) is 11.8. The van der Waals surface area contributed by atoms with Crippen molar-refractivity contribution in [1.29, 1.82) is 0 Å². The molecule has 0 spiro atoms. The van der Waals surface area contributed by atoms with Crippen molar-refractivity contribution < 1.29 is 9.53 Å². The zero-order chi connectivity index (χ0) is 21.1. The molecule has 1 aliphatic heterocycles. The van der Waals surface area contributed by atoms with Crippen molar-refractivity contribution in [1.82, 2.24) is 15.2 Å². The maximum Gasteiger partial charge on any atom is 0.357 e. The minimum absolute atomic E-state index is 0.274. The van der Waals surface area contributed by atoms with Gasteiger partial charge >= 0.3 is 5.30 Å². The van der Waals surface area contributed by atoms with Crippen LogP contribution in [0.4, 0.5) is 21.6 Å². The molecule has 0 amide bonds. The molecule has 1 aliphatic rings. The van der Waals surface area contributed by atoms with Crippen molar-refractivity contribution in [3.05, 3.63) is 47.0 Å². The van der Waals surface area contributed by atoms with Gasteiger partial charge in [-0.15, -0.1) is 10.2 Å². The highest BCUT2D eigenvalue weighted by molar-refractivity contribution is 8.43. The molecular formula is C20H22N6O2S2. The van der Waals surface area contributed by atoms with E-state index >= 15 is 0 Å². The average molecular weight is 443 g/mol. The fraction of sp³-hybridized carbons (Fsp3) is 0.250. The molecule has 0 bridgehead atoms. The maximum atomic E-state index is 12.2. The second-order valence-corrected chi connectivity index (χ2v) is 9.27. The standard InChI is InChI=1S/C20H22N6O2S2/c1-4-13-12(3)16(23-18-22-14-8-6-7-9-15(14)29-18)25-26-17(13)24-19-21-10-11-30(19)20(27)28-5-2/h6-11,30H,4-5H2,1-3H3,(H,21,24,26)(H,22,23,25). The number of thiazole rings is 1. The summed E-state index contributed by atoms with van der Waals surface area (Å²) in [6.07, 6.45) is 2.37. The number of rotatable bonds is 5. The van der Waals surface area contributed by atoms with Gasteiger partial charge in [-0.2, -0.15) is 0 Å². The zero-order valence-electron chi connectivity index (χ0n) is 16.8. The van der Waals surface area contributed by atoms with Crippen LogP contribution in [0.3, 0.4) is 0 Å². The van der Waals surface area contributed by atoms with Crippen LogP contribution in [0.5, 0.6) is 0 Å². The molecule has 2 aromatic heterocycles. The van der Waals surface area contributed by atoms with E-state index < -0.39 is 10.9 Å². The van der Waals surface area contributed by atoms with E-state index in [2.05, 4.69) is 37.7 Å². The van der Waals surface area contributed by atoms with Gasteiger partial charge in [0.15, 0.2) is 21.9 Å². The molecule has 0 saturated carbocycles. The number of aliphatic imine (C=N–C) groups is 1. The summed E-state index contributed by atoms with van der Waals surface area (Å²) in [5.41, 5.74) is 2.92. The van der Waals surface area contributed by atoms with Gasteiger partial charge in [0.05, 0.1) is 16.8 Å². The van der Waals surface area contributed by atoms with Gasteiger partial charge in [-0.1, -0.05) is 41.3 Å². The quantitative estimate of drug-likeness (QED) is 0.373. The highest BCUT2D eigenvalue weighted by atomic mass is 32.2. The monoisotopic (exact) mass is 442 g/mol. The van der Waals surface area contributed by atoms with Crippen LogP contribution in [0.1, 0.15) is 25.0 Å². The van der Waals surface area contributed by atoms with E-state index in [1.54, 1.807) is 29.9 Å². The molecule has 1 atom stereocenters. The van der Waals surface area contributed by atoms with Crippen molar-refractivity contribution in [2.75, 3.05) is 17.2 Å². The van der Waals surface area contributed by atoms with Gasteiger partial charge in [0.25, 0.3) is 0 Å². The molecule has 3 heterocycles. The molecule has 3 aromatic rings. The van der Waals surface area contributed by atoms with Crippen molar-refractivity contribution >= 4 is 59.7 Å². The number of thiol groups is 1. The van der Waals surface area contributed by atoms with Gasteiger partial charge in [-0.3, -0.25) is 0 Å². The molecule has 0 aliphatic carbocycles. The number of carbonyl (C=O) groups excluding carboxylic acids is 1. The lowest BCUT2D eigenvalue weighted by Crippen LogP contribution is -2.18. The van der Waals surface area contributed by atoms with E-state index in [0.717, 1.165) is 32.9 Å². The summed E-state index contributed by atoms with van der Waals surface area (Å²) in [6.45, 7) is 6.18. The van der Waals surface area contributed by atoms with Crippen LogP contribution in [0.25, 0.3) is 10.2 Å². The topological polar surface area (TPSA) is 101 Å². The second-order valence-electron chi connectivity index (χ2n) is 6.41. The van der Waals surface area contributed by atoms with Gasteiger partial charge in [0.1, 0.15) is 0 Å². The molecule has 0 radical (unpaired) electrons. The van der Waals surface area contributed by atoms with Crippen LogP contribution in [0.2, 0.25) is 0 Å². The summed E-state index contributed by atoms with van der Waals surface area (Å²) in [6, 6.07) is 7.99. The Kier molecular flexibility index (Phi) is 5.96. The fourth-order valence-electron chi connectivity index (χ4n) is 3.08. The van der Waals surface area contributed by atoms with Crippen LogP contribution in [0.15, 0.2) is 40.9 Å². The Morgan fingerprint density at radius 2 is 1.97 bits per heavy atom. The highest BCUT2D eigenvalue weighted by Crippen LogP contribution is 2.37. The summed E-state index contributed by atoms with van der Waals surface area (Å²) in [5, 5.41) is 18.0. The number of hydrogen-bond acceptors (Lipinski definition) is 9. The van der Waals surface area contributed by atoms with Gasteiger partial charge < -0.3 is 15.4 Å². The lowest BCUT2D eigenvalue weighted by atomic mass is 10.1. The molecule has 0 fully saturated rings. The Balaban J connectivity index is 1.57. The third-order valence-corrected chi connectivity index (χ3v) is 7.14. The number of fused-ring (bicyclic) bond motifs is 1. The van der Waals surface area contributed by atoms with E-state index in [-0.39, 0.29) is 5.30 Å². The zero-order valence-corrected chi connectivity index (χ0v) is 18.6. The van der Waals surface area contributed by atoms with Crippen molar-refractivity contribution in [3.63, 3.8) is 0 Å². The number of hydrogen-bond donors (Lipinski definition) is 3. The summed E-state index contributed by atoms with van der Waals surface area (Å²) < 4.78 is 6.26. The minimum atomic E-state index is -1.28. The average Bonchev–Trinajstić information content (AvgIpc) is 3.36. The fourth-order valence-corrected chi connectivity index (χ4v) is 5.26. The first-order valence-electron chi connectivity index (χ1n) is 9.57. The molecule has 4 rings (SSSR count). The number of ether oxygens (including phenoxy) is 1. The van der Waals surface area contributed by atoms with Crippen LogP contribution in [-0.4, -0.2) is 32.3 Å². The number of amidine groups is 1. The third kappa shape index (κ3) is 4.01. The van der Waals surface area contributed by atoms with Crippen LogP contribution in [0, 0.1) is 6.92 Å². The molecule has 156 valence electrons. The first-order chi connectivity index (χ1) is 14.6. The number of aromatic nitrogens is 3. The van der Waals surface area contributed by atoms with Gasteiger partial charge in [0.2, 0.25) is 0 Å². The molecule has 1 aromatic carbocycles. The normalized spacial score (nSPS) is 16.5. The Morgan fingerprint density at radius 3 is 2.73 bits per heavy atom. The molecule has 1 unspecified atom stereocenters. The first kappa shape index (κ1) is 20.3. The summed E-state index contributed by atoms with van der Waals surface area (Å²) in [7, 11) is -1.28. The summed E-state index contributed by atoms with van der Waals surface area (Å²) >= 11 is 1.57. The van der Waals surface area contributed by atoms with Crippen molar-refractivity contribution in [3.8, 4) is 0 Å². The van der Waals surface area contributed by atoms with Crippen LogP contribution >= 0.6 is 22.2 Å². The molecule has 8 nitrogen and oxygen atoms in total. The maximum absolute atomic E-state index is 12.2. The lowest BCUT2D eigenvalue weighted by Gasteiger charge is -2.18. The van der Waals surface area contributed by atoms with Gasteiger partial charge in [0, 0.05) is 17.3 Å². The number of carbonyl (C=O) groups is 1. The van der Waals surface area contributed by atoms with Gasteiger partial charge in [-0.05, 0) is 37.8 Å². The minimum Gasteiger partial charge on any atom is -0.459 e. The van der Waals surface area contributed by atoms with Gasteiger partial charge in [-0.25, -0.2) is 14.8 Å². The molecule has 30 heavy (non-hydrogen) atoms. The van der Waals surface area contributed by atoms with E-state index in [1.807, 2.05) is 31.2 Å². The smallest absolute Gasteiger partial charge is 0.357 e. The number of anilines is 3. The van der Waals surface area contributed by atoms with Crippen molar-refractivity contribution in [2.24, 2.45) is 4.99 Å². The predicted molar refractivity (Wildman–Crippen MR) is 125 cm³/mol. The summed E-state index contributed by atoms with van der Waals surface area (Å²) in [4.78, 5) is 21.1. The lowest BCUT2D eigenvalue weighted by molar-refractivity contribution is 0.181. The highest BCUT2D eigenvalue weighted by Gasteiger charge is 2.24. The Morgan fingerprint density at radius 1 is 1.17 bits per heavy atom. The largest absolute Gasteiger partial charge is 0.459 e. The predicted octanol–water partition coefficient (Wildman–Crippen LogP) is 5.11. The van der Waals surface area contributed by atoms with E-state index in [1.165, 1.54) is 0 Å². The summed E-state index contributed by atoms with van der Waals surface area (Å²) in [5.74, 6) is 1.26. The van der Waals surface area contributed by atoms with Crippen LogP contribution in [-0.2, 0) is 11.2 Å². The number of nitrogens with zero attached hydrogens (tertiary/aromatic N) is 4. The Hall–Kier alpha value is -2.98. The van der Waals surface area contributed by atoms with E-state index in [0.29, 0.717) is 23.4 Å².